The number of benzene rings is 1. The second-order valence-corrected chi connectivity index (χ2v) is 7.58. The molecule has 3 rings (SSSR count). The number of amides is 1. The molecule has 3 aromatic rings. The summed E-state index contributed by atoms with van der Waals surface area (Å²) in [6, 6.07) is 8.86. The van der Waals surface area contributed by atoms with Gasteiger partial charge in [-0.1, -0.05) is 32.0 Å². The number of hydrogen-bond donors (Lipinski definition) is 4. The minimum absolute atomic E-state index is 0.0432. The summed E-state index contributed by atoms with van der Waals surface area (Å²) in [5, 5.41) is 15.1. The van der Waals surface area contributed by atoms with Crippen molar-refractivity contribution in [2.24, 2.45) is 0 Å². The molecule has 7 nitrogen and oxygen atoms in total. The van der Waals surface area contributed by atoms with Crippen molar-refractivity contribution in [3.63, 3.8) is 0 Å². The molecule has 162 valence electrons. The Labute approximate surface area is 179 Å². The van der Waals surface area contributed by atoms with Crippen LogP contribution in [0, 0.1) is 5.82 Å². The van der Waals surface area contributed by atoms with Gasteiger partial charge in [-0.3, -0.25) is 14.6 Å². The van der Waals surface area contributed by atoms with Gasteiger partial charge in [0.25, 0.3) is 11.5 Å². The molecule has 0 aliphatic rings. The lowest BCUT2D eigenvalue weighted by Gasteiger charge is -2.18. The maximum atomic E-state index is 14.3. The number of hydrogen-bond acceptors (Lipinski definition) is 5. The SMILES string of the molecule is CC(C)c1[nH]c(=O)c(-c2ccccc2F)cc1Nc1ccncc1C(=O)N[C@@H](C)CO. The summed E-state index contributed by atoms with van der Waals surface area (Å²) < 4.78 is 14.3. The fourth-order valence-electron chi connectivity index (χ4n) is 3.16. The Morgan fingerprint density at radius 1 is 1.16 bits per heavy atom. The summed E-state index contributed by atoms with van der Waals surface area (Å²) in [5.74, 6) is -0.946. The maximum absolute atomic E-state index is 14.3. The van der Waals surface area contributed by atoms with Crippen LogP contribution in [-0.2, 0) is 0 Å². The third kappa shape index (κ3) is 4.97. The normalized spacial score (nSPS) is 11.9. The second-order valence-electron chi connectivity index (χ2n) is 7.58. The lowest BCUT2D eigenvalue weighted by atomic mass is 10.0. The Hall–Kier alpha value is -3.52. The zero-order valence-corrected chi connectivity index (χ0v) is 17.6. The number of aliphatic hydroxyl groups is 1. The number of nitrogens with zero attached hydrogens (tertiary/aromatic N) is 1. The van der Waals surface area contributed by atoms with Gasteiger partial charge < -0.3 is 20.7 Å². The van der Waals surface area contributed by atoms with Crippen LogP contribution >= 0.6 is 0 Å². The molecule has 2 heterocycles. The Bertz CT molecular complexity index is 1140. The van der Waals surface area contributed by atoms with E-state index < -0.39 is 23.3 Å². The monoisotopic (exact) mass is 424 g/mol. The molecule has 0 aliphatic carbocycles. The highest BCUT2D eigenvalue weighted by Gasteiger charge is 2.18. The van der Waals surface area contributed by atoms with Crippen molar-refractivity contribution in [3.8, 4) is 11.1 Å². The molecule has 0 saturated carbocycles. The fourth-order valence-corrected chi connectivity index (χ4v) is 3.16. The molecule has 0 saturated heterocycles. The Morgan fingerprint density at radius 3 is 2.58 bits per heavy atom. The zero-order valence-electron chi connectivity index (χ0n) is 17.6. The highest BCUT2D eigenvalue weighted by Crippen LogP contribution is 2.30. The van der Waals surface area contributed by atoms with Gasteiger partial charge in [-0.15, -0.1) is 0 Å². The minimum Gasteiger partial charge on any atom is -0.394 e. The summed E-state index contributed by atoms with van der Waals surface area (Å²) in [7, 11) is 0. The molecule has 0 bridgehead atoms. The predicted molar refractivity (Wildman–Crippen MR) is 118 cm³/mol. The number of H-pyrrole nitrogens is 1. The molecule has 0 radical (unpaired) electrons. The van der Waals surface area contributed by atoms with Gasteiger partial charge in [0, 0.05) is 29.7 Å². The molecular formula is C23H25FN4O3. The molecule has 4 N–H and O–H groups in total. The Balaban J connectivity index is 2.08. The number of carbonyl (C=O) groups is 1. The maximum Gasteiger partial charge on any atom is 0.256 e. The molecule has 0 fully saturated rings. The van der Waals surface area contributed by atoms with Gasteiger partial charge in [-0.05, 0) is 31.0 Å². The third-order valence-electron chi connectivity index (χ3n) is 4.80. The number of nitrogens with one attached hydrogen (secondary N) is 3. The van der Waals surface area contributed by atoms with E-state index >= 15 is 0 Å². The molecular weight excluding hydrogens is 399 g/mol. The van der Waals surface area contributed by atoms with Crippen molar-refractivity contribution in [1.82, 2.24) is 15.3 Å². The van der Waals surface area contributed by atoms with E-state index in [1.807, 2.05) is 13.8 Å². The standard InChI is InChI=1S/C23H25FN4O3/c1-13(2)21-20(10-16(22(30)28-21)15-6-4-5-7-18(15)24)27-19-8-9-25-11-17(19)23(31)26-14(3)12-29/h4-11,13-14,29H,12H2,1-3H3,(H,25,27)(H,26,31)(H,28,30)/t14-/m0/s1. The van der Waals surface area contributed by atoms with Crippen LogP contribution in [0.25, 0.3) is 11.1 Å². The molecule has 0 aliphatic heterocycles. The lowest BCUT2D eigenvalue weighted by molar-refractivity contribution is 0.0923. The highest BCUT2D eigenvalue weighted by atomic mass is 19.1. The van der Waals surface area contributed by atoms with Gasteiger partial charge in [0.2, 0.25) is 0 Å². The largest absolute Gasteiger partial charge is 0.394 e. The number of halogens is 1. The van der Waals surface area contributed by atoms with Crippen molar-refractivity contribution in [3.05, 3.63) is 76.2 Å². The predicted octanol–water partition coefficient (Wildman–Crippen LogP) is 3.55. The first-order chi connectivity index (χ1) is 14.8. The van der Waals surface area contributed by atoms with Gasteiger partial charge >= 0.3 is 0 Å². The van der Waals surface area contributed by atoms with E-state index in [1.165, 1.54) is 18.5 Å². The second kappa shape index (κ2) is 9.53. The van der Waals surface area contributed by atoms with Gasteiger partial charge in [0.15, 0.2) is 0 Å². The van der Waals surface area contributed by atoms with E-state index in [2.05, 4.69) is 20.6 Å². The minimum atomic E-state index is -0.502. The number of aliphatic hydroxyl groups excluding tert-OH is 1. The first-order valence-electron chi connectivity index (χ1n) is 9.96. The molecule has 8 heteroatoms. The van der Waals surface area contributed by atoms with Crippen LogP contribution in [0.1, 0.15) is 42.7 Å². The average molecular weight is 424 g/mol. The summed E-state index contributed by atoms with van der Waals surface area (Å²) in [6.07, 6.45) is 2.95. The molecule has 2 aromatic heterocycles. The smallest absolute Gasteiger partial charge is 0.256 e. The topological polar surface area (TPSA) is 107 Å². The van der Waals surface area contributed by atoms with E-state index in [0.717, 1.165) is 0 Å². The Kier molecular flexibility index (Phi) is 6.81. The van der Waals surface area contributed by atoms with E-state index in [-0.39, 0.29) is 29.2 Å². The van der Waals surface area contributed by atoms with Crippen LogP contribution in [0.5, 0.6) is 0 Å². The van der Waals surface area contributed by atoms with E-state index in [4.69, 9.17) is 0 Å². The molecule has 1 atom stereocenters. The lowest BCUT2D eigenvalue weighted by Crippen LogP contribution is -2.35. The van der Waals surface area contributed by atoms with E-state index in [9.17, 15) is 19.1 Å². The molecule has 1 aromatic carbocycles. The van der Waals surface area contributed by atoms with Crippen molar-refractivity contribution in [1.29, 1.82) is 0 Å². The molecule has 0 spiro atoms. The van der Waals surface area contributed by atoms with Crippen molar-refractivity contribution >= 4 is 17.3 Å². The molecule has 1 amide bonds. The number of aromatic amines is 1. The van der Waals surface area contributed by atoms with Crippen LogP contribution < -0.4 is 16.2 Å². The van der Waals surface area contributed by atoms with Crippen LogP contribution in [0.15, 0.2) is 53.6 Å². The summed E-state index contributed by atoms with van der Waals surface area (Å²) in [5.41, 5.74) is 1.87. The summed E-state index contributed by atoms with van der Waals surface area (Å²) in [6.45, 7) is 5.32. The first kappa shape index (κ1) is 22.2. The van der Waals surface area contributed by atoms with Crippen molar-refractivity contribution in [2.75, 3.05) is 11.9 Å². The van der Waals surface area contributed by atoms with Gasteiger partial charge in [0.1, 0.15) is 5.82 Å². The van der Waals surface area contributed by atoms with Gasteiger partial charge in [-0.25, -0.2) is 4.39 Å². The van der Waals surface area contributed by atoms with Crippen molar-refractivity contribution in [2.45, 2.75) is 32.7 Å². The quantitative estimate of drug-likeness (QED) is 0.464. The number of rotatable bonds is 7. The third-order valence-corrected chi connectivity index (χ3v) is 4.80. The van der Waals surface area contributed by atoms with Gasteiger partial charge in [-0.2, -0.15) is 0 Å². The van der Waals surface area contributed by atoms with Crippen LogP contribution in [-0.4, -0.2) is 33.6 Å². The molecule has 31 heavy (non-hydrogen) atoms. The van der Waals surface area contributed by atoms with Crippen LogP contribution in [0.2, 0.25) is 0 Å². The average Bonchev–Trinajstić information content (AvgIpc) is 2.75. The van der Waals surface area contributed by atoms with E-state index in [0.29, 0.717) is 17.1 Å². The number of anilines is 2. The summed E-state index contributed by atoms with van der Waals surface area (Å²) >= 11 is 0. The zero-order chi connectivity index (χ0) is 22.5. The summed E-state index contributed by atoms with van der Waals surface area (Å²) in [4.78, 5) is 32.2. The first-order valence-corrected chi connectivity index (χ1v) is 9.96. The van der Waals surface area contributed by atoms with Gasteiger partial charge in [0.05, 0.1) is 29.1 Å². The number of aromatic nitrogens is 2. The number of pyridine rings is 2. The molecule has 0 unspecified atom stereocenters. The number of carbonyl (C=O) groups excluding carboxylic acids is 1. The van der Waals surface area contributed by atoms with Crippen molar-refractivity contribution < 1.29 is 14.3 Å². The van der Waals surface area contributed by atoms with Crippen LogP contribution in [0.3, 0.4) is 0 Å². The Morgan fingerprint density at radius 2 is 1.90 bits per heavy atom. The fraction of sp³-hybridized carbons (Fsp3) is 0.261. The van der Waals surface area contributed by atoms with E-state index in [1.54, 1.807) is 37.3 Å². The van der Waals surface area contributed by atoms with Crippen LogP contribution in [0.4, 0.5) is 15.8 Å². The highest BCUT2D eigenvalue weighted by molar-refractivity contribution is 6.00.